The van der Waals surface area contributed by atoms with E-state index < -0.39 is 11.5 Å². The molecule has 0 amide bonds. The third kappa shape index (κ3) is 3.01. The van der Waals surface area contributed by atoms with E-state index in [4.69, 9.17) is 0 Å². The first-order valence-electron chi connectivity index (χ1n) is 6.81. The lowest BCUT2D eigenvalue weighted by Gasteiger charge is -2.45. The topological polar surface area (TPSA) is 49.3 Å². The van der Waals surface area contributed by atoms with Gasteiger partial charge in [0.25, 0.3) is 0 Å². The molecule has 0 aromatic heterocycles. The molecule has 17 heavy (non-hydrogen) atoms. The van der Waals surface area contributed by atoms with E-state index in [1.165, 1.54) is 12.8 Å². The second-order valence-electron chi connectivity index (χ2n) is 7.07. The van der Waals surface area contributed by atoms with E-state index in [2.05, 4.69) is 26.1 Å². The minimum Gasteiger partial charge on any atom is -0.480 e. The monoisotopic (exact) mass is 239 g/mol. The summed E-state index contributed by atoms with van der Waals surface area (Å²) in [6, 6.07) is 0. The number of carboxylic acid groups (broad SMARTS) is 1. The highest BCUT2D eigenvalue weighted by Gasteiger charge is 2.48. The largest absolute Gasteiger partial charge is 0.480 e. The van der Waals surface area contributed by atoms with Crippen LogP contribution in [0.3, 0.4) is 0 Å². The molecule has 0 spiro atoms. The minimum atomic E-state index is -0.677. The van der Waals surface area contributed by atoms with E-state index in [9.17, 15) is 9.90 Å². The molecule has 0 aromatic carbocycles. The van der Waals surface area contributed by atoms with E-state index in [-0.39, 0.29) is 5.41 Å². The number of carbonyl (C=O) groups is 1. The third-order valence-corrected chi connectivity index (χ3v) is 4.21. The summed E-state index contributed by atoms with van der Waals surface area (Å²) in [5, 5.41) is 13.0. The average molecular weight is 239 g/mol. The Bertz CT molecular complexity index is 309. The molecule has 0 bridgehead atoms. The van der Waals surface area contributed by atoms with Crippen LogP contribution in [-0.4, -0.2) is 23.2 Å². The molecule has 0 saturated heterocycles. The normalized spacial score (nSPS) is 36.8. The van der Waals surface area contributed by atoms with Crippen molar-refractivity contribution in [2.24, 2.45) is 17.3 Å². The van der Waals surface area contributed by atoms with Crippen LogP contribution in [0.15, 0.2) is 0 Å². The van der Waals surface area contributed by atoms with Crippen molar-refractivity contribution in [3.8, 4) is 0 Å². The maximum atomic E-state index is 11.7. The van der Waals surface area contributed by atoms with Crippen LogP contribution >= 0.6 is 0 Å². The highest BCUT2D eigenvalue weighted by atomic mass is 16.4. The number of rotatable bonds is 4. The Labute approximate surface area is 104 Å². The molecule has 3 nitrogen and oxygen atoms in total. The first kappa shape index (κ1) is 12.9. The summed E-state index contributed by atoms with van der Waals surface area (Å²) in [5.41, 5.74) is -0.545. The Kier molecular flexibility index (Phi) is 3.23. The molecule has 2 saturated carbocycles. The van der Waals surface area contributed by atoms with Gasteiger partial charge in [0.1, 0.15) is 5.54 Å². The number of hydrogen-bond acceptors (Lipinski definition) is 2. The highest BCUT2D eigenvalue weighted by Crippen LogP contribution is 2.44. The lowest BCUT2D eigenvalue weighted by molar-refractivity contribution is -0.149. The van der Waals surface area contributed by atoms with Crippen molar-refractivity contribution >= 4 is 5.97 Å². The van der Waals surface area contributed by atoms with E-state index >= 15 is 0 Å². The van der Waals surface area contributed by atoms with Crippen molar-refractivity contribution < 1.29 is 9.90 Å². The maximum Gasteiger partial charge on any atom is 0.323 e. The molecule has 0 heterocycles. The zero-order valence-corrected chi connectivity index (χ0v) is 11.3. The van der Waals surface area contributed by atoms with Crippen molar-refractivity contribution in [3.05, 3.63) is 0 Å². The van der Waals surface area contributed by atoms with E-state index in [0.717, 1.165) is 31.7 Å². The molecule has 2 rings (SSSR count). The molecule has 2 aliphatic carbocycles. The molecule has 0 aromatic rings. The van der Waals surface area contributed by atoms with Crippen molar-refractivity contribution in [3.63, 3.8) is 0 Å². The van der Waals surface area contributed by atoms with Crippen LogP contribution in [0.1, 0.15) is 52.9 Å². The SMILES string of the molecule is CC1CC(C)(C)CC(NCC2CC2)(C(=O)O)C1. The average Bonchev–Trinajstić information content (AvgIpc) is 2.94. The van der Waals surface area contributed by atoms with Crippen LogP contribution in [0.2, 0.25) is 0 Å². The van der Waals surface area contributed by atoms with Gasteiger partial charge in [0, 0.05) is 0 Å². The van der Waals surface area contributed by atoms with Crippen LogP contribution in [0.25, 0.3) is 0 Å². The van der Waals surface area contributed by atoms with Crippen LogP contribution in [0.4, 0.5) is 0 Å². The Morgan fingerprint density at radius 1 is 1.35 bits per heavy atom. The Hall–Kier alpha value is -0.570. The molecule has 2 N–H and O–H groups in total. The van der Waals surface area contributed by atoms with Crippen LogP contribution in [0, 0.1) is 17.3 Å². The van der Waals surface area contributed by atoms with Crippen LogP contribution in [-0.2, 0) is 4.79 Å². The van der Waals surface area contributed by atoms with Gasteiger partial charge in [-0.05, 0) is 55.9 Å². The van der Waals surface area contributed by atoms with E-state index in [1.807, 2.05) is 0 Å². The maximum absolute atomic E-state index is 11.7. The van der Waals surface area contributed by atoms with Crippen molar-refractivity contribution in [1.29, 1.82) is 0 Å². The van der Waals surface area contributed by atoms with Gasteiger partial charge in [-0.3, -0.25) is 4.79 Å². The van der Waals surface area contributed by atoms with Crippen molar-refractivity contribution in [2.75, 3.05) is 6.54 Å². The fourth-order valence-corrected chi connectivity index (χ4v) is 3.61. The van der Waals surface area contributed by atoms with Gasteiger partial charge in [0.15, 0.2) is 0 Å². The van der Waals surface area contributed by atoms with E-state index in [0.29, 0.717) is 5.92 Å². The van der Waals surface area contributed by atoms with E-state index in [1.54, 1.807) is 0 Å². The Balaban J connectivity index is 2.10. The predicted octanol–water partition coefficient (Wildman–Crippen LogP) is 2.66. The summed E-state index contributed by atoms with van der Waals surface area (Å²) in [6.07, 6.45) is 5.20. The highest BCUT2D eigenvalue weighted by molar-refractivity contribution is 5.79. The van der Waals surface area contributed by atoms with Crippen LogP contribution < -0.4 is 5.32 Å². The molecule has 2 atom stereocenters. The smallest absolute Gasteiger partial charge is 0.323 e. The van der Waals surface area contributed by atoms with Gasteiger partial charge >= 0.3 is 5.97 Å². The van der Waals surface area contributed by atoms with Gasteiger partial charge in [-0.2, -0.15) is 0 Å². The zero-order valence-electron chi connectivity index (χ0n) is 11.3. The van der Waals surface area contributed by atoms with Gasteiger partial charge in [0.2, 0.25) is 0 Å². The summed E-state index contributed by atoms with van der Waals surface area (Å²) in [6.45, 7) is 7.45. The molecule has 3 heteroatoms. The van der Waals surface area contributed by atoms with Crippen molar-refractivity contribution in [1.82, 2.24) is 5.32 Å². The molecular formula is C14H25NO2. The number of carboxylic acids is 1. The van der Waals surface area contributed by atoms with Gasteiger partial charge in [0.05, 0.1) is 0 Å². The third-order valence-electron chi connectivity index (χ3n) is 4.21. The fraction of sp³-hybridized carbons (Fsp3) is 0.929. The lowest BCUT2D eigenvalue weighted by atomic mass is 9.64. The lowest BCUT2D eigenvalue weighted by Crippen LogP contribution is -2.58. The zero-order chi connectivity index (χ0) is 12.7. The van der Waals surface area contributed by atoms with Gasteiger partial charge in [-0.15, -0.1) is 0 Å². The molecule has 2 aliphatic rings. The first-order valence-corrected chi connectivity index (χ1v) is 6.81. The standard InChI is InChI=1S/C14H25NO2/c1-10-6-13(2,3)9-14(7-10,12(16)17)15-8-11-4-5-11/h10-11,15H,4-9H2,1-3H3,(H,16,17). The molecule has 2 unspecified atom stereocenters. The molecule has 98 valence electrons. The van der Waals surface area contributed by atoms with Gasteiger partial charge in [-0.1, -0.05) is 20.8 Å². The summed E-state index contributed by atoms with van der Waals surface area (Å²) < 4.78 is 0. The Morgan fingerprint density at radius 2 is 2.00 bits per heavy atom. The quantitative estimate of drug-likeness (QED) is 0.793. The number of hydrogen-bond donors (Lipinski definition) is 2. The van der Waals surface area contributed by atoms with Gasteiger partial charge in [-0.25, -0.2) is 0 Å². The summed E-state index contributed by atoms with van der Waals surface area (Å²) in [5.74, 6) is 0.561. The second-order valence-corrected chi connectivity index (χ2v) is 7.07. The minimum absolute atomic E-state index is 0.132. The second kappa shape index (κ2) is 4.27. The molecule has 0 aliphatic heterocycles. The van der Waals surface area contributed by atoms with Crippen LogP contribution in [0.5, 0.6) is 0 Å². The predicted molar refractivity (Wildman–Crippen MR) is 67.9 cm³/mol. The number of aliphatic carboxylic acids is 1. The summed E-state index contributed by atoms with van der Waals surface area (Å²) in [7, 11) is 0. The summed E-state index contributed by atoms with van der Waals surface area (Å²) >= 11 is 0. The molecular weight excluding hydrogens is 214 g/mol. The molecule has 0 radical (unpaired) electrons. The number of nitrogens with one attached hydrogen (secondary N) is 1. The van der Waals surface area contributed by atoms with Gasteiger partial charge < -0.3 is 10.4 Å². The van der Waals surface area contributed by atoms with Crippen molar-refractivity contribution in [2.45, 2.75) is 58.4 Å². The summed E-state index contributed by atoms with van der Waals surface area (Å²) in [4.78, 5) is 11.7. The Morgan fingerprint density at radius 3 is 2.47 bits per heavy atom. The fourth-order valence-electron chi connectivity index (χ4n) is 3.61. The first-order chi connectivity index (χ1) is 7.83. The molecule has 2 fully saturated rings.